The predicted molar refractivity (Wildman–Crippen MR) is 87.2 cm³/mol. The molecule has 0 fully saturated rings. The fourth-order valence-electron chi connectivity index (χ4n) is 3.28. The summed E-state index contributed by atoms with van der Waals surface area (Å²) < 4.78 is 2.22. The van der Waals surface area contributed by atoms with Crippen molar-refractivity contribution in [3.63, 3.8) is 0 Å². The van der Waals surface area contributed by atoms with Crippen LogP contribution < -0.4 is 4.90 Å². The molecule has 0 radical (unpaired) electrons. The first-order chi connectivity index (χ1) is 9.87. The minimum Gasteiger partial charge on any atom is -0.388 e. The number of aromatic nitrogens is 1. The lowest BCUT2D eigenvalue weighted by Crippen LogP contribution is -2.26. The molecule has 1 atom stereocenters. The lowest BCUT2D eigenvalue weighted by atomic mass is 9.75. The number of hydrogen-bond acceptors (Lipinski definition) is 2. The highest BCUT2D eigenvalue weighted by Crippen LogP contribution is 2.41. The third-order valence-electron chi connectivity index (χ3n) is 4.42. The molecule has 1 unspecified atom stereocenters. The van der Waals surface area contributed by atoms with Crippen LogP contribution in [-0.4, -0.2) is 23.8 Å². The molecular formula is C18H24N2O. The Kier molecular flexibility index (Phi) is 3.33. The van der Waals surface area contributed by atoms with E-state index in [2.05, 4.69) is 59.8 Å². The average Bonchev–Trinajstić information content (AvgIpc) is 2.81. The minimum absolute atomic E-state index is 0.145. The van der Waals surface area contributed by atoms with E-state index in [0.29, 0.717) is 0 Å². The Morgan fingerprint density at radius 2 is 1.81 bits per heavy atom. The molecule has 0 saturated heterocycles. The van der Waals surface area contributed by atoms with E-state index in [1.54, 1.807) is 0 Å². The molecule has 1 N–H and O–H groups in total. The van der Waals surface area contributed by atoms with Crippen LogP contribution in [0, 0.1) is 5.41 Å². The summed E-state index contributed by atoms with van der Waals surface area (Å²) in [6.45, 7) is 4.46. The zero-order valence-corrected chi connectivity index (χ0v) is 13.3. The maximum atomic E-state index is 10.4. The average molecular weight is 284 g/mol. The maximum absolute atomic E-state index is 10.4. The van der Waals surface area contributed by atoms with Crippen LogP contribution in [0.15, 0.2) is 36.5 Å². The van der Waals surface area contributed by atoms with Gasteiger partial charge in [0.05, 0.1) is 6.10 Å². The van der Waals surface area contributed by atoms with Crippen molar-refractivity contribution in [2.75, 3.05) is 19.0 Å². The van der Waals surface area contributed by atoms with Crippen molar-refractivity contribution < 1.29 is 5.11 Å². The second-order valence-corrected chi connectivity index (χ2v) is 7.06. The molecule has 0 spiro atoms. The van der Waals surface area contributed by atoms with Crippen molar-refractivity contribution in [1.29, 1.82) is 0 Å². The van der Waals surface area contributed by atoms with Crippen molar-refractivity contribution in [2.45, 2.75) is 32.8 Å². The summed E-state index contributed by atoms with van der Waals surface area (Å²) in [6.07, 6.45) is 3.58. The Morgan fingerprint density at radius 3 is 2.43 bits per heavy atom. The van der Waals surface area contributed by atoms with Crippen molar-refractivity contribution >= 4 is 5.69 Å². The Bertz CT molecular complexity index is 638. The number of fused-ring (bicyclic) bond motifs is 1. The third-order valence-corrected chi connectivity index (χ3v) is 4.42. The van der Waals surface area contributed by atoms with Gasteiger partial charge in [0.1, 0.15) is 0 Å². The first-order valence-electron chi connectivity index (χ1n) is 7.53. The first-order valence-corrected chi connectivity index (χ1v) is 7.53. The summed E-state index contributed by atoms with van der Waals surface area (Å²) in [5.41, 5.74) is 4.83. The van der Waals surface area contributed by atoms with Gasteiger partial charge in [0.15, 0.2) is 0 Å². The monoisotopic (exact) mass is 284 g/mol. The quantitative estimate of drug-likeness (QED) is 0.913. The molecule has 0 bridgehead atoms. The van der Waals surface area contributed by atoms with Gasteiger partial charge in [0, 0.05) is 42.9 Å². The van der Waals surface area contributed by atoms with Gasteiger partial charge in [-0.25, -0.2) is 0 Å². The molecule has 0 saturated carbocycles. The van der Waals surface area contributed by atoms with Crippen LogP contribution in [-0.2, 0) is 6.42 Å². The van der Waals surface area contributed by atoms with Crippen LogP contribution in [0.1, 0.15) is 37.6 Å². The second kappa shape index (κ2) is 4.92. The minimum atomic E-state index is -0.342. The van der Waals surface area contributed by atoms with E-state index < -0.39 is 0 Å². The summed E-state index contributed by atoms with van der Waals surface area (Å²) in [4.78, 5) is 2.10. The first kappa shape index (κ1) is 14.2. The lowest BCUT2D eigenvalue weighted by molar-refractivity contribution is 0.0987. The van der Waals surface area contributed by atoms with E-state index in [9.17, 15) is 5.11 Å². The van der Waals surface area contributed by atoms with Gasteiger partial charge >= 0.3 is 0 Å². The smallest absolute Gasteiger partial charge is 0.0812 e. The third kappa shape index (κ3) is 2.58. The number of benzene rings is 1. The van der Waals surface area contributed by atoms with Crippen LogP contribution in [0.25, 0.3) is 5.69 Å². The summed E-state index contributed by atoms with van der Waals surface area (Å²) >= 11 is 0. The fraction of sp³-hybridized carbons (Fsp3) is 0.444. The topological polar surface area (TPSA) is 28.4 Å². The highest BCUT2D eigenvalue weighted by atomic mass is 16.3. The van der Waals surface area contributed by atoms with Gasteiger partial charge in [-0.3, -0.25) is 0 Å². The number of aliphatic hydroxyl groups is 1. The van der Waals surface area contributed by atoms with Gasteiger partial charge in [-0.15, -0.1) is 0 Å². The number of aliphatic hydroxyl groups excluding tert-OH is 1. The SMILES string of the molecule is CN(C)c1ccc(-n2ccc3c2CC(C)(C)CC3O)cc1. The molecule has 0 aliphatic heterocycles. The highest BCUT2D eigenvalue weighted by molar-refractivity contribution is 5.51. The van der Waals surface area contributed by atoms with E-state index in [1.165, 1.54) is 11.4 Å². The predicted octanol–water partition coefficient (Wildman–Crippen LogP) is 3.55. The van der Waals surface area contributed by atoms with Gasteiger partial charge in [-0.1, -0.05) is 13.8 Å². The molecule has 0 amide bonds. The molecule has 2 aromatic rings. The van der Waals surface area contributed by atoms with E-state index in [1.807, 2.05) is 14.1 Å². The molecule has 1 aromatic heterocycles. The Hall–Kier alpha value is -1.74. The largest absolute Gasteiger partial charge is 0.388 e. The normalized spacial score (nSPS) is 20.1. The second-order valence-electron chi connectivity index (χ2n) is 7.06. The van der Waals surface area contributed by atoms with Gasteiger partial charge in [-0.2, -0.15) is 0 Å². The van der Waals surface area contributed by atoms with E-state index in [-0.39, 0.29) is 11.5 Å². The molecule has 1 heterocycles. The van der Waals surface area contributed by atoms with Gasteiger partial charge < -0.3 is 14.6 Å². The maximum Gasteiger partial charge on any atom is 0.0812 e. The zero-order chi connectivity index (χ0) is 15.2. The van der Waals surface area contributed by atoms with Crippen LogP contribution in [0.2, 0.25) is 0 Å². The molecular weight excluding hydrogens is 260 g/mol. The van der Waals surface area contributed by atoms with E-state index >= 15 is 0 Å². The number of hydrogen-bond donors (Lipinski definition) is 1. The van der Waals surface area contributed by atoms with Crippen molar-refractivity contribution in [3.8, 4) is 5.69 Å². The van der Waals surface area contributed by atoms with E-state index in [4.69, 9.17) is 0 Å². The molecule has 112 valence electrons. The zero-order valence-electron chi connectivity index (χ0n) is 13.3. The highest BCUT2D eigenvalue weighted by Gasteiger charge is 2.33. The Labute approximate surface area is 126 Å². The van der Waals surface area contributed by atoms with Crippen molar-refractivity contribution in [2.24, 2.45) is 5.41 Å². The van der Waals surface area contributed by atoms with Crippen LogP contribution in [0.3, 0.4) is 0 Å². The van der Waals surface area contributed by atoms with Crippen LogP contribution >= 0.6 is 0 Å². The summed E-state index contributed by atoms with van der Waals surface area (Å²) in [6, 6.07) is 10.6. The summed E-state index contributed by atoms with van der Waals surface area (Å²) in [7, 11) is 4.09. The summed E-state index contributed by atoms with van der Waals surface area (Å²) in [5, 5.41) is 10.4. The fourth-order valence-corrected chi connectivity index (χ4v) is 3.28. The Morgan fingerprint density at radius 1 is 1.14 bits per heavy atom. The van der Waals surface area contributed by atoms with Crippen LogP contribution in [0.5, 0.6) is 0 Å². The van der Waals surface area contributed by atoms with Gasteiger partial charge in [0.25, 0.3) is 0 Å². The molecule has 1 aliphatic rings. The summed E-state index contributed by atoms with van der Waals surface area (Å²) in [5.74, 6) is 0. The lowest BCUT2D eigenvalue weighted by Gasteiger charge is -2.34. The van der Waals surface area contributed by atoms with Crippen molar-refractivity contribution in [3.05, 3.63) is 47.8 Å². The molecule has 3 nitrogen and oxygen atoms in total. The molecule has 1 aliphatic carbocycles. The van der Waals surface area contributed by atoms with Crippen molar-refractivity contribution in [1.82, 2.24) is 4.57 Å². The van der Waals surface area contributed by atoms with Crippen LogP contribution in [0.4, 0.5) is 5.69 Å². The standard InChI is InChI=1S/C18H24N2O/c1-18(2)11-16-15(17(21)12-18)9-10-20(16)14-7-5-13(6-8-14)19(3)4/h5-10,17,21H,11-12H2,1-4H3. The van der Waals surface area contributed by atoms with Gasteiger partial charge in [-0.05, 0) is 48.6 Å². The number of nitrogens with zero attached hydrogens (tertiary/aromatic N) is 2. The Balaban J connectivity index is 2.01. The molecule has 3 heteroatoms. The molecule has 1 aromatic carbocycles. The number of anilines is 1. The molecule has 21 heavy (non-hydrogen) atoms. The molecule has 3 rings (SSSR count). The van der Waals surface area contributed by atoms with Gasteiger partial charge in [0.2, 0.25) is 0 Å². The number of rotatable bonds is 2. The van der Waals surface area contributed by atoms with E-state index in [0.717, 1.165) is 24.1 Å².